The van der Waals surface area contributed by atoms with E-state index in [1.807, 2.05) is 5.51 Å². The van der Waals surface area contributed by atoms with Crippen LogP contribution in [0.2, 0.25) is 0 Å². The van der Waals surface area contributed by atoms with Gasteiger partial charge < -0.3 is 5.32 Å². The summed E-state index contributed by atoms with van der Waals surface area (Å²) in [6, 6.07) is 0.603. The van der Waals surface area contributed by atoms with Gasteiger partial charge in [0.05, 0.1) is 11.2 Å². The minimum atomic E-state index is 0.603. The van der Waals surface area contributed by atoms with E-state index < -0.39 is 0 Å². The fourth-order valence-electron chi connectivity index (χ4n) is 2.38. The van der Waals surface area contributed by atoms with Crippen molar-refractivity contribution in [2.45, 2.75) is 39.3 Å². The van der Waals surface area contributed by atoms with Crippen LogP contribution < -0.4 is 5.32 Å². The van der Waals surface area contributed by atoms with E-state index in [2.05, 4.69) is 34.4 Å². The summed E-state index contributed by atoms with van der Waals surface area (Å²) in [5, 5.41) is 5.60. The average Bonchev–Trinajstić information content (AvgIpc) is 2.82. The van der Waals surface area contributed by atoms with Crippen LogP contribution in [-0.2, 0) is 6.54 Å². The molecule has 1 aromatic heterocycles. The number of aromatic nitrogens is 1. The van der Waals surface area contributed by atoms with Gasteiger partial charge in [0.2, 0.25) is 0 Å². The highest BCUT2D eigenvalue weighted by Gasteiger charge is 2.19. The molecule has 1 N–H and O–H groups in total. The van der Waals surface area contributed by atoms with Gasteiger partial charge in [0.1, 0.15) is 0 Å². The highest BCUT2D eigenvalue weighted by Crippen LogP contribution is 2.17. The second-order valence-electron chi connectivity index (χ2n) is 5.20. The zero-order chi connectivity index (χ0) is 12.1. The molecule has 0 radical (unpaired) electrons. The van der Waals surface area contributed by atoms with Crippen LogP contribution in [0.3, 0.4) is 0 Å². The lowest BCUT2D eigenvalue weighted by Crippen LogP contribution is -2.39. The van der Waals surface area contributed by atoms with Crippen molar-refractivity contribution in [2.24, 2.45) is 5.92 Å². The summed E-state index contributed by atoms with van der Waals surface area (Å²) in [7, 11) is 0. The second kappa shape index (κ2) is 6.47. The second-order valence-corrected chi connectivity index (χ2v) is 5.92. The van der Waals surface area contributed by atoms with Gasteiger partial charge in [-0.25, -0.2) is 4.98 Å². The van der Waals surface area contributed by atoms with E-state index in [4.69, 9.17) is 0 Å². The first-order chi connectivity index (χ1) is 8.25. The topological polar surface area (TPSA) is 28.2 Å². The molecule has 4 heteroatoms. The summed E-state index contributed by atoms with van der Waals surface area (Å²) < 4.78 is 0. The highest BCUT2D eigenvalue weighted by molar-refractivity contribution is 7.07. The van der Waals surface area contributed by atoms with Gasteiger partial charge in [-0.1, -0.05) is 0 Å². The molecule has 0 aromatic carbocycles. The van der Waals surface area contributed by atoms with E-state index in [0.717, 1.165) is 12.5 Å². The van der Waals surface area contributed by atoms with E-state index >= 15 is 0 Å². The Morgan fingerprint density at radius 2 is 2.24 bits per heavy atom. The normalized spacial score (nSPS) is 18.1. The van der Waals surface area contributed by atoms with E-state index in [1.54, 1.807) is 11.3 Å². The van der Waals surface area contributed by atoms with Crippen molar-refractivity contribution < 1.29 is 0 Å². The van der Waals surface area contributed by atoms with E-state index in [1.165, 1.54) is 38.2 Å². The number of hydrogen-bond donors (Lipinski definition) is 1. The minimum Gasteiger partial charge on any atom is -0.317 e. The molecule has 1 saturated heterocycles. The molecule has 1 fully saturated rings. The first-order valence-corrected chi connectivity index (χ1v) is 7.52. The molecule has 96 valence electrons. The Morgan fingerprint density at radius 3 is 2.82 bits per heavy atom. The van der Waals surface area contributed by atoms with Gasteiger partial charge in [0.15, 0.2) is 0 Å². The lowest BCUT2D eigenvalue weighted by atomic mass is 9.97. The van der Waals surface area contributed by atoms with Crippen LogP contribution in [0.15, 0.2) is 10.9 Å². The number of piperidine rings is 1. The predicted molar refractivity (Wildman–Crippen MR) is 73.3 cm³/mol. The van der Waals surface area contributed by atoms with Gasteiger partial charge in [0.25, 0.3) is 0 Å². The van der Waals surface area contributed by atoms with Gasteiger partial charge >= 0.3 is 0 Å². The standard InChI is InChI=1S/C13H23N3S/c1-11(2)16(8-13-9-17-10-15-13)7-12-3-5-14-6-4-12/h9-12,14H,3-8H2,1-2H3. The summed E-state index contributed by atoms with van der Waals surface area (Å²) >= 11 is 1.69. The third kappa shape index (κ3) is 4.05. The first-order valence-electron chi connectivity index (χ1n) is 6.57. The Morgan fingerprint density at radius 1 is 1.47 bits per heavy atom. The third-order valence-corrected chi connectivity index (χ3v) is 4.17. The molecular weight excluding hydrogens is 230 g/mol. The molecule has 2 heterocycles. The maximum Gasteiger partial charge on any atom is 0.0795 e. The molecule has 0 saturated carbocycles. The Balaban J connectivity index is 1.87. The summed E-state index contributed by atoms with van der Waals surface area (Å²) in [6.07, 6.45) is 2.64. The van der Waals surface area contributed by atoms with Crippen molar-refractivity contribution in [3.05, 3.63) is 16.6 Å². The van der Waals surface area contributed by atoms with Gasteiger partial charge in [-0.2, -0.15) is 0 Å². The Hall–Kier alpha value is -0.450. The molecule has 0 atom stereocenters. The molecule has 1 aromatic rings. The largest absolute Gasteiger partial charge is 0.317 e. The van der Waals surface area contributed by atoms with E-state index in [-0.39, 0.29) is 0 Å². The number of nitrogens with one attached hydrogen (secondary N) is 1. The van der Waals surface area contributed by atoms with Gasteiger partial charge in [-0.15, -0.1) is 11.3 Å². The average molecular weight is 253 g/mol. The van der Waals surface area contributed by atoms with Crippen LogP contribution in [0.1, 0.15) is 32.4 Å². The number of rotatable bonds is 5. The van der Waals surface area contributed by atoms with E-state index in [0.29, 0.717) is 6.04 Å². The van der Waals surface area contributed by atoms with Crippen molar-refractivity contribution >= 4 is 11.3 Å². The Bertz CT molecular complexity index is 304. The fraction of sp³-hybridized carbons (Fsp3) is 0.769. The fourth-order valence-corrected chi connectivity index (χ4v) is 2.93. The summed E-state index contributed by atoms with van der Waals surface area (Å²) in [5.41, 5.74) is 3.15. The van der Waals surface area contributed by atoms with E-state index in [9.17, 15) is 0 Å². The molecule has 2 rings (SSSR count). The Kier molecular flexibility index (Phi) is 4.95. The first kappa shape index (κ1) is 13.0. The molecule has 0 amide bonds. The zero-order valence-corrected chi connectivity index (χ0v) is 11.7. The van der Waals surface area contributed by atoms with Crippen molar-refractivity contribution in [3.8, 4) is 0 Å². The van der Waals surface area contributed by atoms with Crippen LogP contribution in [0, 0.1) is 5.92 Å². The van der Waals surface area contributed by atoms with Crippen molar-refractivity contribution in [3.63, 3.8) is 0 Å². The zero-order valence-electron chi connectivity index (χ0n) is 10.9. The SMILES string of the molecule is CC(C)N(Cc1cscn1)CC1CCNCC1. The number of thiazole rings is 1. The Labute approximate surface area is 108 Å². The highest BCUT2D eigenvalue weighted by atomic mass is 32.1. The molecule has 3 nitrogen and oxygen atoms in total. The monoisotopic (exact) mass is 253 g/mol. The van der Waals surface area contributed by atoms with Crippen LogP contribution >= 0.6 is 11.3 Å². The number of hydrogen-bond acceptors (Lipinski definition) is 4. The van der Waals surface area contributed by atoms with Crippen molar-refractivity contribution in [1.29, 1.82) is 0 Å². The summed E-state index contributed by atoms with van der Waals surface area (Å²) in [6.45, 7) is 9.17. The van der Waals surface area contributed by atoms with Crippen LogP contribution in [0.5, 0.6) is 0 Å². The molecule has 0 spiro atoms. The lowest BCUT2D eigenvalue weighted by Gasteiger charge is -2.32. The van der Waals surface area contributed by atoms with Gasteiger partial charge in [-0.3, -0.25) is 4.90 Å². The van der Waals surface area contributed by atoms with Crippen molar-refractivity contribution in [1.82, 2.24) is 15.2 Å². The molecule has 1 aliphatic heterocycles. The molecule has 17 heavy (non-hydrogen) atoms. The van der Waals surface area contributed by atoms with Crippen molar-refractivity contribution in [2.75, 3.05) is 19.6 Å². The van der Waals surface area contributed by atoms with Gasteiger partial charge in [0, 0.05) is 24.5 Å². The minimum absolute atomic E-state index is 0.603. The summed E-state index contributed by atoms with van der Waals surface area (Å²) in [5.74, 6) is 0.859. The lowest BCUT2D eigenvalue weighted by molar-refractivity contribution is 0.160. The molecule has 0 bridgehead atoms. The van der Waals surface area contributed by atoms with Gasteiger partial charge in [-0.05, 0) is 45.7 Å². The van der Waals surface area contributed by atoms with Crippen LogP contribution in [-0.4, -0.2) is 35.6 Å². The maximum absolute atomic E-state index is 4.40. The molecule has 0 aliphatic carbocycles. The summed E-state index contributed by atoms with van der Waals surface area (Å²) in [4.78, 5) is 6.96. The third-order valence-electron chi connectivity index (χ3n) is 3.53. The predicted octanol–water partition coefficient (Wildman–Crippen LogP) is 2.35. The smallest absolute Gasteiger partial charge is 0.0795 e. The molecule has 0 unspecified atom stereocenters. The maximum atomic E-state index is 4.40. The van der Waals surface area contributed by atoms with Crippen LogP contribution in [0.25, 0.3) is 0 Å². The quantitative estimate of drug-likeness (QED) is 0.873. The van der Waals surface area contributed by atoms with Crippen LogP contribution in [0.4, 0.5) is 0 Å². The number of nitrogens with zero attached hydrogens (tertiary/aromatic N) is 2. The molecular formula is C13H23N3S. The molecule has 1 aliphatic rings.